The van der Waals surface area contributed by atoms with Crippen LogP contribution < -0.4 is 0 Å². The van der Waals surface area contributed by atoms with Crippen LogP contribution in [0.5, 0.6) is 0 Å². The first kappa shape index (κ1) is 12.6. The van der Waals surface area contributed by atoms with Gasteiger partial charge in [-0.2, -0.15) is 0 Å². The summed E-state index contributed by atoms with van der Waals surface area (Å²) in [6.07, 6.45) is 7.82. The first-order valence-corrected chi connectivity index (χ1v) is 8.37. The molecule has 106 valence electrons. The highest BCUT2D eigenvalue weighted by Crippen LogP contribution is 2.57. The van der Waals surface area contributed by atoms with Gasteiger partial charge in [-0.05, 0) is 67.8 Å². The SMILES string of the molecule is CCc1ccc(C(=O)C2C3CC4CC(C3)CC2C4)cc1. The fraction of sp³-hybridized carbons (Fsp3) is 0.632. The molecule has 4 aliphatic carbocycles. The summed E-state index contributed by atoms with van der Waals surface area (Å²) in [5.41, 5.74) is 2.28. The van der Waals surface area contributed by atoms with E-state index >= 15 is 0 Å². The van der Waals surface area contributed by atoms with E-state index in [2.05, 4.69) is 31.2 Å². The van der Waals surface area contributed by atoms with Crippen molar-refractivity contribution in [2.45, 2.75) is 45.4 Å². The molecule has 1 heteroatoms. The number of rotatable bonds is 3. The minimum atomic E-state index is 0.343. The highest BCUT2D eigenvalue weighted by Gasteiger charge is 2.50. The van der Waals surface area contributed by atoms with Gasteiger partial charge in [0.1, 0.15) is 0 Å². The van der Waals surface area contributed by atoms with E-state index in [1.54, 1.807) is 0 Å². The lowest BCUT2D eigenvalue weighted by molar-refractivity contribution is -0.0251. The summed E-state index contributed by atoms with van der Waals surface area (Å²) in [7, 11) is 0. The molecule has 4 bridgehead atoms. The summed E-state index contributed by atoms with van der Waals surface area (Å²) in [5.74, 6) is 4.08. The Morgan fingerprint density at radius 3 is 2.00 bits per heavy atom. The van der Waals surface area contributed by atoms with Crippen LogP contribution in [0, 0.1) is 29.6 Å². The molecule has 20 heavy (non-hydrogen) atoms. The summed E-state index contributed by atoms with van der Waals surface area (Å²) in [6.45, 7) is 2.16. The quantitative estimate of drug-likeness (QED) is 0.737. The predicted molar refractivity (Wildman–Crippen MR) is 80.7 cm³/mol. The molecule has 0 N–H and O–H groups in total. The van der Waals surface area contributed by atoms with Crippen molar-refractivity contribution in [2.24, 2.45) is 29.6 Å². The van der Waals surface area contributed by atoms with Gasteiger partial charge < -0.3 is 0 Å². The van der Waals surface area contributed by atoms with E-state index in [-0.39, 0.29) is 0 Å². The number of ketones is 1. The lowest BCUT2D eigenvalue weighted by Gasteiger charge is -2.53. The van der Waals surface area contributed by atoms with Crippen molar-refractivity contribution in [3.05, 3.63) is 35.4 Å². The second kappa shape index (κ2) is 4.72. The number of carbonyl (C=O) groups is 1. The minimum Gasteiger partial charge on any atom is -0.294 e. The van der Waals surface area contributed by atoms with E-state index < -0.39 is 0 Å². The van der Waals surface area contributed by atoms with E-state index in [9.17, 15) is 4.79 Å². The number of Topliss-reactive ketones (excluding diaryl/α,β-unsaturated/α-hetero) is 1. The highest BCUT2D eigenvalue weighted by atomic mass is 16.1. The van der Waals surface area contributed by atoms with Crippen molar-refractivity contribution in [1.29, 1.82) is 0 Å². The fourth-order valence-corrected chi connectivity index (χ4v) is 5.45. The third kappa shape index (κ3) is 1.94. The molecule has 0 radical (unpaired) electrons. The summed E-state index contributed by atoms with van der Waals surface area (Å²) in [5, 5.41) is 0. The highest BCUT2D eigenvalue weighted by molar-refractivity contribution is 5.98. The average molecular weight is 268 g/mol. The van der Waals surface area contributed by atoms with E-state index in [1.807, 2.05) is 0 Å². The molecular formula is C19H24O. The summed E-state index contributed by atoms with van der Waals surface area (Å²) in [6, 6.07) is 8.38. The molecule has 1 nitrogen and oxygen atoms in total. The standard InChI is InChI=1S/C19H24O/c1-2-12-3-5-15(6-4-12)19(20)18-16-8-13-7-14(10-16)11-17(18)9-13/h3-6,13-14,16-18H,2,7-11H2,1H3. The Bertz CT molecular complexity index is 485. The van der Waals surface area contributed by atoms with E-state index in [0.717, 1.165) is 23.8 Å². The molecule has 0 heterocycles. The van der Waals surface area contributed by atoms with Gasteiger partial charge in [0.15, 0.2) is 5.78 Å². The van der Waals surface area contributed by atoms with Crippen LogP contribution in [-0.4, -0.2) is 5.78 Å². The lowest BCUT2D eigenvalue weighted by Crippen LogP contribution is -2.48. The van der Waals surface area contributed by atoms with Gasteiger partial charge in [-0.15, -0.1) is 0 Å². The Balaban J connectivity index is 1.58. The molecule has 0 saturated heterocycles. The van der Waals surface area contributed by atoms with E-state index in [0.29, 0.717) is 23.5 Å². The molecule has 0 spiro atoms. The number of carbonyl (C=O) groups excluding carboxylic acids is 1. The van der Waals surface area contributed by atoms with Crippen LogP contribution in [0.25, 0.3) is 0 Å². The molecule has 4 fully saturated rings. The van der Waals surface area contributed by atoms with Crippen LogP contribution in [0.1, 0.15) is 54.9 Å². The third-order valence-electron chi connectivity index (χ3n) is 6.18. The van der Waals surface area contributed by atoms with Gasteiger partial charge in [0.05, 0.1) is 0 Å². The molecule has 0 aliphatic heterocycles. The first-order valence-electron chi connectivity index (χ1n) is 8.37. The van der Waals surface area contributed by atoms with Crippen LogP contribution in [0.15, 0.2) is 24.3 Å². The minimum absolute atomic E-state index is 0.343. The summed E-state index contributed by atoms with van der Waals surface area (Å²) in [4.78, 5) is 12.9. The molecule has 0 unspecified atom stereocenters. The van der Waals surface area contributed by atoms with Crippen LogP contribution >= 0.6 is 0 Å². The molecule has 1 aromatic carbocycles. The lowest BCUT2D eigenvalue weighted by atomic mass is 9.51. The van der Waals surface area contributed by atoms with Crippen molar-refractivity contribution in [2.75, 3.05) is 0 Å². The Kier molecular flexibility index (Phi) is 2.98. The van der Waals surface area contributed by atoms with E-state index in [1.165, 1.54) is 37.7 Å². The van der Waals surface area contributed by atoms with Crippen molar-refractivity contribution in [1.82, 2.24) is 0 Å². The van der Waals surface area contributed by atoms with Gasteiger partial charge in [0.25, 0.3) is 0 Å². The second-order valence-electron chi connectivity index (χ2n) is 7.37. The zero-order valence-corrected chi connectivity index (χ0v) is 12.3. The zero-order chi connectivity index (χ0) is 13.7. The maximum Gasteiger partial charge on any atom is 0.166 e. The molecule has 0 atom stereocenters. The molecule has 4 saturated carbocycles. The second-order valence-corrected chi connectivity index (χ2v) is 7.37. The fourth-order valence-electron chi connectivity index (χ4n) is 5.45. The maximum absolute atomic E-state index is 12.9. The molecule has 4 aliphatic rings. The number of aryl methyl sites for hydroxylation is 1. The van der Waals surface area contributed by atoms with Crippen molar-refractivity contribution in [3.8, 4) is 0 Å². The third-order valence-corrected chi connectivity index (χ3v) is 6.18. The van der Waals surface area contributed by atoms with Crippen molar-refractivity contribution < 1.29 is 4.79 Å². The molecular weight excluding hydrogens is 244 g/mol. The molecule has 5 rings (SSSR count). The zero-order valence-electron chi connectivity index (χ0n) is 12.3. The van der Waals surface area contributed by atoms with Gasteiger partial charge in [-0.25, -0.2) is 0 Å². The molecule has 1 aromatic rings. The van der Waals surface area contributed by atoms with Crippen LogP contribution in [0.2, 0.25) is 0 Å². The average Bonchev–Trinajstić information content (AvgIpc) is 2.46. The number of benzene rings is 1. The largest absolute Gasteiger partial charge is 0.294 e. The predicted octanol–water partition coefficient (Wildman–Crippen LogP) is 4.50. The number of hydrogen-bond donors (Lipinski definition) is 0. The molecule has 0 amide bonds. The Morgan fingerprint density at radius 1 is 0.950 bits per heavy atom. The summed E-state index contributed by atoms with van der Waals surface area (Å²) < 4.78 is 0. The Morgan fingerprint density at radius 2 is 1.50 bits per heavy atom. The van der Waals surface area contributed by atoms with Crippen molar-refractivity contribution >= 4 is 5.78 Å². The maximum atomic E-state index is 12.9. The Labute approximate surface area is 121 Å². The normalized spacial score (nSPS) is 38.1. The smallest absolute Gasteiger partial charge is 0.166 e. The monoisotopic (exact) mass is 268 g/mol. The van der Waals surface area contributed by atoms with Crippen LogP contribution in [0.3, 0.4) is 0 Å². The van der Waals surface area contributed by atoms with Gasteiger partial charge >= 0.3 is 0 Å². The Hall–Kier alpha value is -1.11. The van der Waals surface area contributed by atoms with Crippen LogP contribution in [-0.2, 0) is 6.42 Å². The van der Waals surface area contributed by atoms with Crippen LogP contribution in [0.4, 0.5) is 0 Å². The topological polar surface area (TPSA) is 17.1 Å². The van der Waals surface area contributed by atoms with Gasteiger partial charge in [-0.1, -0.05) is 31.2 Å². The first-order chi connectivity index (χ1) is 9.74. The van der Waals surface area contributed by atoms with Gasteiger partial charge in [0.2, 0.25) is 0 Å². The van der Waals surface area contributed by atoms with Crippen molar-refractivity contribution in [3.63, 3.8) is 0 Å². The van der Waals surface area contributed by atoms with E-state index in [4.69, 9.17) is 0 Å². The summed E-state index contributed by atoms with van der Waals surface area (Å²) >= 11 is 0. The van der Waals surface area contributed by atoms with Gasteiger partial charge in [-0.3, -0.25) is 4.79 Å². The molecule has 0 aromatic heterocycles. The van der Waals surface area contributed by atoms with Gasteiger partial charge in [0, 0.05) is 11.5 Å². The number of hydrogen-bond acceptors (Lipinski definition) is 1.